The Morgan fingerprint density at radius 3 is 2.85 bits per heavy atom. The quantitative estimate of drug-likeness (QED) is 0.660. The third kappa shape index (κ3) is 4.88. The maximum absolute atomic E-state index is 10.3. The van der Waals surface area contributed by atoms with E-state index in [2.05, 4.69) is 34.7 Å². The van der Waals surface area contributed by atoms with E-state index in [1.165, 1.54) is 6.33 Å². The van der Waals surface area contributed by atoms with Crippen molar-refractivity contribution in [2.75, 3.05) is 0 Å². The van der Waals surface area contributed by atoms with Crippen LogP contribution in [0.15, 0.2) is 12.5 Å². The molecule has 0 aliphatic heterocycles. The zero-order chi connectivity index (χ0) is 10.3. The summed E-state index contributed by atoms with van der Waals surface area (Å²) in [6, 6.07) is -0.851. The molecule has 7 heteroatoms. The van der Waals surface area contributed by atoms with E-state index in [1.54, 1.807) is 6.20 Å². The van der Waals surface area contributed by atoms with Crippen LogP contribution >= 0.6 is 10.2 Å². The predicted molar refractivity (Wildman–Crippen MR) is 43.8 cm³/mol. The van der Waals surface area contributed by atoms with Gasteiger partial charge in [-0.2, -0.15) is 0 Å². The average Bonchev–Trinajstić information content (AvgIpc) is 2.60. The van der Waals surface area contributed by atoms with E-state index in [0.717, 1.165) is 5.69 Å². The number of hydrogen-bond acceptors (Lipinski definition) is 3. The monoisotopic (exact) mass is 248 g/mol. The minimum absolute atomic E-state index is 0.287. The first-order valence-electron chi connectivity index (χ1n) is 3.27. The normalized spacial score (nSPS) is 11.4. The Kier molecular flexibility index (Phi) is 6.58. The second-order valence-electron chi connectivity index (χ2n) is 2.23. The molecule has 0 saturated carbocycles. The van der Waals surface area contributed by atoms with E-state index in [1.807, 2.05) is 0 Å². The van der Waals surface area contributed by atoms with Crippen molar-refractivity contribution in [2.24, 2.45) is 5.73 Å². The van der Waals surface area contributed by atoms with Gasteiger partial charge in [-0.05, 0) is 0 Å². The molecule has 1 aromatic rings. The molecule has 1 unspecified atom stereocenters. The minimum atomic E-state index is -1.00. The van der Waals surface area contributed by atoms with Gasteiger partial charge >= 0.3 is 30.7 Å². The number of hydrogen-bond donors (Lipinski definition) is 3. The number of H-pyrrole nitrogens is 1. The molecule has 13 heavy (non-hydrogen) atoms. The summed E-state index contributed by atoms with van der Waals surface area (Å²) in [7, 11) is 4.26. The first kappa shape index (κ1) is 12.4. The molecule has 0 amide bonds. The molecule has 1 heterocycles. The molecule has 0 aliphatic carbocycles. The van der Waals surface area contributed by atoms with Gasteiger partial charge in [-0.15, -0.1) is 0 Å². The van der Waals surface area contributed by atoms with Crippen molar-refractivity contribution in [1.82, 2.24) is 9.97 Å². The third-order valence-electron chi connectivity index (χ3n) is 1.31. The molecule has 1 atom stereocenters. The summed E-state index contributed by atoms with van der Waals surface area (Å²) in [6.07, 6.45) is 3.34. The Morgan fingerprint density at radius 1 is 1.85 bits per heavy atom. The van der Waals surface area contributed by atoms with E-state index in [4.69, 9.17) is 10.8 Å². The standard InChI is InChI=1S/C6H9N3O2.ClH.Ni/c7-5(6(10)11)1-4-2-8-3-9-4;;/h2-3,5H,1,7H2,(H,8,9)(H,10,11);1H;/q;;+1/p-1. The molecule has 1 aromatic heterocycles. The number of nitrogens with one attached hydrogen (secondary N) is 1. The number of carboxylic acids is 1. The second-order valence-corrected chi connectivity index (χ2v) is 2.23. The topological polar surface area (TPSA) is 92.0 Å². The van der Waals surface area contributed by atoms with Gasteiger partial charge in [-0.25, -0.2) is 4.98 Å². The predicted octanol–water partition coefficient (Wildman–Crippen LogP) is 0.0511. The number of nitrogens with two attached hydrogens (primary N) is 1. The Labute approximate surface area is 87.3 Å². The van der Waals surface area contributed by atoms with Crippen molar-refractivity contribution < 1.29 is 24.5 Å². The van der Waals surface area contributed by atoms with Crippen LogP contribution in [0.25, 0.3) is 0 Å². The first-order valence-corrected chi connectivity index (χ1v) is 4.63. The maximum atomic E-state index is 10.3. The molecular formula is C6H9ClN3NiO2. The van der Waals surface area contributed by atoms with Crippen LogP contribution < -0.4 is 5.73 Å². The molecule has 0 radical (unpaired) electrons. The van der Waals surface area contributed by atoms with Crippen LogP contribution in [0, 0.1) is 0 Å². The molecule has 0 aromatic carbocycles. The number of halogens is 1. The molecule has 0 spiro atoms. The molecule has 1 rings (SSSR count). The fraction of sp³-hybridized carbons (Fsp3) is 0.333. The first-order chi connectivity index (χ1) is 6.20. The number of nitrogens with zero attached hydrogens (tertiary/aromatic N) is 1. The number of aliphatic carboxylic acids is 1. The number of rotatable bonds is 3. The molecule has 0 aliphatic rings. The van der Waals surface area contributed by atoms with E-state index in [0.29, 0.717) is 0 Å². The van der Waals surface area contributed by atoms with Crippen LogP contribution in [0.2, 0.25) is 0 Å². The summed E-state index contributed by atoms with van der Waals surface area (Å²) in [5, 5.41) is 8.42. The number of imidazole rings is 1. The number of aromatic nitrogens is 2. The number of aromatic amines is 1. The number of carboxylic acid groups (broad SMARTS) is 1. The zero-order valence-corrected chi connectivity index (χ0v) is 8.26. The van der Waals surface area contributed by atoms with Gasteiger partial charge in [0.15, 0.2) is 0 Å². The summed E-state index contributed by atoms with van der Waals surface area (Å²) < 4.78 is 0. The van der Waals surface area contributed by atoms with Crippen LogP contribution in [0.3, 0.4) is 0 Å². The average molecular weight is 249 g/mol. The van der Waals surface area contributed by atoms with Gasteiger partial charge in [0.2, 0.25) is 0 Å². The van der Waals surface area contributed by atoms with E-state index >= 15 is 0 Å². The van der Waals surface area contributed by atoms with Gasteiger partial charge in [0.05, 0.1) is 6.33 Å². The van der Waals surface area contributed by atoms with E-state index < -0.39 is 12.0 Å². The van der Waals surface area contributed by atoms with Crippen LogP contribution in [0.4, 0.5) is 0 Å². The molecule has 0 bridgehead atoms. The zero-order valence-electron chi connectivity index (χ0n) is 6.51. The SMILES string of the molecule is NC(Cc1cnc[nH]1)C(=O)O.[Cl][Ni]. The fourth-order valence-electron chi connectivity index (χ4n) is 0.721. The molecule has 0 fully saturated rings. The Balaban J connectivity index is 0.000000671. The summed E-state index contributed by atoms with van der Waals surface area (Å²) in [5.41, 5.74) is 6.00. The van der Waals surface area contributed by atoms with Crippen LogP contribution in [0.5, 0.6) is 0 Å². The van der Waals surface area contributed by atoms with Gasteiger partial charge in [0, 0.05) is 18.3 Å². The van der Waals surface area contributed by atoms with Crippen molar-refractivity contribution >= 4 is 16.2 Å². The molecule has 5 nitrogen and oxygen atoms in total. The Hall–Kier alpha value is -0.576. The fourth-order valence-corrected chi connectivity index (χ4v) is 0.721. The summed E-state index contributed by atoms with van der Waals surface area (Å²) in [6.45, 7) is 0. The van der Waals surface area contributed by atoms with Gasteiger partial charge < -0.3 is 15.8 Å². The second kappa shape index (κ2) is 6.89. The van der Waals surface area contributed by atoms with Crippen LogP contribution in [-0.4, -0.2) is 27.1 Å². The van der Waals surface area contributed by atoms with E-state index in [-0.39, 0.29) is 6.42 Å². The van der Waals surface area contributed by atoms with Crippen molar-refractivity contribution in [2.45, 2.75) is 12.5 Å². The van der Waals surface area contributed by atoms with Gasteiger partial charge in [-0.3, -0.25) is 4.79 Å². The molecular weight excluding hydrogens is 240 g/mol. The van der Waals surface area contributed by atoms with Gasteiger partial charge in [0.1, 0.15) is 6.04 Å². The molecule has 4 N–H and O–H groups in total. The summed E-state index contributed by atoms with van der Waals surface area (Å²) in [4.78, 5) is 16.8. The summed E-state index contributed by atoms with van der Waals surface area (Å²) in [5.74, 6) is -1.00. The van der Waals surface area contributed by atoms with Crippen LogP contribution in [-0.2, 0) is 25.8 Å². The van der Waals surface area contributed by atoms with Gasteiger partial charge in [0.25, 0.3) is 0 Å². The Bertz CT molecular complexity index is 242. The van der Waals surface area contributed by atoms with Crippen molar-refractivity contribution in [1.29, 1.82) is 0 Å². The van der Waals surface area contributed by atoms with Gasteiger partial charge in [-0.1, -0.05) is 0 Å². The summed E-state index contributed by atoms with van der Waals surface area (Å²) >= 11 is 3.35. The van der Waals surface area contributed by atoms with Crippen LogP contribution in [0.1, 0.15) is 5.69 Å². The van der Waals surface area contributed by atoms with Crippen molar-refractivity contribution in [3.63, 3.8) is 0 Å². The molecule has 77 valence electrons. The third-order valence-corrected chi connectivity index (χ3v) is 1.31. The van der Waals surface area contributed by atoms with E-state index in [9.17, 15) is 4.79 Å². The van der Waals surface area contributed by atoms with Crippen molar-refractivity contribution in [3.05, 3.63) is 18.2 Å². The van der Waals surface area contributed by atoms with Crippen molar-refractivity contribution in [3.8, 4) is 0 Å². The number of carbonyl (C=O) groups is 1. The molecule has 0 saturated heterocycles. The Morgan fingerprint density at radius 2 is 2.46 bits per heavy atom.